The zero-order valence-corrected chi connectivity index (χ0v) is 12.2. The van der Waals surface area contributed by atoms with Crippen LogP contribution in [-0.4, -0.2) is 37.1 Å². The molecule has 0 radical (unpaired) electrons. The van der Waals surface area contributed by atoms with Crippen molar-refractivity contribution in [1.82, 2.24) is 4.90 Å². The lowest BCUT2D eigenvalue weighted by atomic mass is 10.2. The Labute approximate surface area is 117 Å². The van der Waals surface area contributed by atoms with Gasteiger partial charge in [0.25, 0.3) is 0 Å². The second kappa shape index (κ2) is 5.10. The molecule has 1 atom stereocenters. The molecule has 2 heterocycles. The van der Waals surface area contributed by atoms with Gasteiger partial charge >= 0.3 is 0 Å². The average Bonchev–Trinajstić information content (AvgIpc) is 2.70. The number of rotatable bonds is 1. The van der Waals surface area contributed by atoms with E-state index in [1.165, 1.54) is 38.0 Å². The first kappa shape index (κ1) is 12.3. The number of nitrogens with zero attached hydrogens (tertiary/aromatic N) is 2. The Morgan fingerprint density at radius 2 is 2.00 bits per heavy atom. The van der Waals surface area contributed by atoms with E-state index >= 15 is 0 Å². The molecule has 2 aliphatic heterocycles. The lowest BCUT2D eigenvalue weighted by Gasteiger charge is -2.28. The van der Waals surface area contributed by atoms with E-state index in [2.05, 4.69) is 31.8 Å². The Kier molecular flexibility index (Phi) is 3.48. The topological polar surface area (TPSA) is 32.5 Å². The van der Waals surface area contributed by atoms with Crippen LogP contribution in [0.5, 0.6) is 0 Å². The Hall–Kier alpha value is -0.740. The van der Waals surface area contributed by atoms with Crippen LogP contribution in [0.3, 0.4) is 0 Å². The summed E-state index contributed by atoms with van der Waals surface area (Å²) in [5.41, 5.74) is 8.22. The predicted molar refractivity (Wildman–Crippen MR) is 80.0 cm³/mol. The maximum atomic E-state index is 6.13. The summed E-state index contributed by atoms with van der Waals surface area (Å²) in [5.74, 6) is 0. The summed E-state index contributed by atoms with van der Waals surface area (Å²) >= 11 is 3.55. The summed E-state index contributed by atoms with van der Waals surface area (Å²) < 4.78 is 1.11. The highest BCUT2D eigenvalue weighted by Crippen LogP contribution is 2.30. The van der Waals surface area contributed by atoms with Crippen molar-refractivity contribution in [3.8, 4) is 0 Å². The summed E-state index contributed by atoms with van der Waals surface area (Å²) in [6.07, 6.45) is 3.93. The van der Waals surface area contributed by atoms with Gasteiger partial charge in [-0.3, -0.25) is 4.90 Å². The summed E-state index contributed by atoms with van der Waals surface area (Å²) in [6, 6.07) is 6.89. The smallest absolute Gasteiger partial charge is 0.0611 e. The standard InChI is InChI=1S/C14H20BrN3/c15-11-4-5-13(16)14(9-11)18-8-2-7-17-6-1-3-12(17)10-18/h4-5,9,12H,1-3,6-8,10,16H2. The molecule has 2 N–H and O–H groups in total. The Bertz CT molecular complexity index is 435. The van der Waals surface area contributed by atoms with Crippen molar-refractivity contribution in [3.05, 3.63) is 22.7 Å². The number of nitrogen functional groups attached to an aromatic ring is 1. The minimum Gasteiger partial charge on any atom is -0.397 e. The minimum absolute atomic E-state index is 0.728. The third-order valence-corrected chi connectivity index (χ3v) is 4.63. The van der Waals surface area contributed by atoms with Crippen LogP contribution in [0.2, 0.25) is 0 Å². The summed E-state index contributed by atoms with van der Waals surface area (Å²) in [5, 5.41) is 0. The third-order valence-electron chi connectivity index (χ3n) is 4.14. The van der Waals surface area contributed by atoms with Gasteiger partial charge in [-0.05, 0) is 44.0 Å². The van der Waals surface area contributed by atoms with Crippen molar-refractivity contribution in [3.63, 3.8) is 0 Å². The highest BCUT2D eigenvalue weighted by Gasteiger charge is 2.29. The average molecular weight is 310 g/mol. The molecule has 2 fully saturated rings. The van der Waals surface area contributed by atoms with E-state index in [1.807, 2.05) is 12.1 Å². The highest BCUT2D eigenvalue weighted by atomic mass is 79.9. The van der Waals surface area contributed by atoms with Gasteiger partial charge in [0.15, 0.2) is 0 Å². The first-order valence-corrected chi connectivity index (χ1v) is 7.57. The second-order valence-electron chi connectivity index (χ2n) is 5.33. The van der Waals surface area contributed by atoms with Crippen molar-refractivity contribution >= 4 is 27.3 Å². The van der Waals surface area contributed by atoms with E-state index < -0.39 is 0 Å². The SMILES string of the molecule is Nc1ccc(Br)cc1N1CCCN2CCCC2C1. The number of nitrogens with two attached hydrogens (primary N) is 1. The molecular weight excluding hydrogens is 290 g/mol. The van der Waals surface area contributed by atoms with Gasteiger partial charge in [0.2, 0.25) is 0 Å². The number of anilines is 2. The zero-order chi connectivity index (χ0) is 12.5. The van der Waals surface area contributed by atoms with Crippen molar-refractivity contribution < 1.29 is 0 Å². The molecule has 0 bridgehead atoms. The van der Waals surface area contributed by atoms with Gasteiger partial charge in [0.05, 0.1) is 11.4 Å². The van der Waals surface area contributed by atoms with Crippen LogP contribution in [0.1, 0.15) is 19.3 Å². The summed E-state index contributed by atoms with van der Waals surface area (Å²) in [7, 11) is 0. The molecule has 4 heteroatoms. The molecule has 0 aromatic heterocycles. The lowest BCUT2D eigenvalue weighted by Crippen LogP contribution is -2.36. The molecule has 1 aromatic rings. The van der Waals surface area contributed by atoms with Crippen LogP contribution >= 0.6 is 15.9 Å². The molecule has 2 aliphatic rings. The van der Waals surface area contributed by atoms with E-state index in [1.54, 1.807) is 0 Å². The van der Waals surface area contributed by atoms with Crippen LogP contribution in [0.4, 0.5) is 11.4 Å². The van der Waals surface area contributed by atoms with Gasteiger partial charge < -0.3 is 10.6 Å². The number of benzene rings is 1. The number of hydrogen-bond acceptors (Lipinski definition) is 3. The lowest BCUT2D eigenvalue weighted by molar-refractivity contribution is 0.273. The van der Waals surface area contributed by atoms with Crippen molar-refractivity contribution in [2.75, 3.05) is 36.8 Å². The number of hydrogen-bond donors (Lipinski definition) is 1. The maximum Gasteiger partial charge on any atom is 0.0611 e. The van der Waals surface area contributed by atoms with Crippen molar-refractivity contribution in [1.29, 1.82) is 0 Å². The van der Waals surface area contributed by atoms with Crippen LogP contribution < -0.4 is 10.6 Å². The molecule has 2 saturated heterocycles. The first-order chi connectivity index (χ1) is 8.74. The molecule has 0 aliphatic carbocycles. The van der Waals surface area contributed by atoms with E-state index in [-0.39, 0.29) is 0 Å². The quantitative estimate of drug-likeness (QED) is 0.810. The second-order valence-corrected chi connectivity index (χ2v) is 6.25. The van der Waals surface area contributed by atoms with Gasteiger partial charge in [-0.2, -0.15) is 0 Å². The van der Waals surface area contributed by atoms with Crippen molar-refractivity contribution in [2.24, 2.45) is 0 Å². The molecule has 98 valence electrons. The van der Waals surface area contributed by atoms with Gasteiger partial charge in [-0.1, -0.05) is 15.9 Å². The van der Waals surface area contributed by atoms with E-state index in [4.69, 9.17) is 5.73 Å². The Morgan fingerprint density at radius 3 is 2.89 bits per heavy atom. The van der Waals surface area contributed by atoms with E-state index in [0.29, 0.717) is 0 Å². The monoisotopic (exact) mass is 309 g/mol. The Morgan fingerprint density at radius 1 is 1.17 bits per heavy atom. The van der Waals surface area contributed by atoms with Crippen LogP contribution in [-0.2, 0) is 0 Å². The molecule has 3 rings (SSSR count). The molecule has 0 amide bonds. The molecular formula is C14H20BrN3. The fraction of sp³-hybridized carbons (Fsp3) is 0.571. The maximum absolute atomic E-state index is 6.13. The Balaban J connectivity index is 1.84. The van der Waals surface area contributed by atoms with Gasteiger partial charge in [0, 0.05) is 30.1 Å². The zero-order valence-electron chi connectivity index (χ0n) is 10.6. The van der Waals surface area contributed by atoms with Crippen LogP contribution in [0.15, 0.2) is 22.7 Å². The van der Waals surface area contributed by atoms with Crippen LogP contribution in [0, 0.1) is 0 Å². The summed E-state index contributed by atoms with van der Waals surface area (Å²) in [6.45, 7) is 4.77. The van der Waals surface area contributed by atoms with Gasteiger partial charge in [-0.25, -0.2) is 0 Å². The molecule has 1 aromatic carbocycles. The van der Waals surface area contributed by atoms with E-state index in [0.717, 1.165) is 29.3 Å². The molecule has 0 saturated carbocycles. The fourth-order valence-electron chi connectivity index (χ4n) is 3.22. The molecule has 1 unspecified atom stereocenters. The largest absolute Gasteiger partial charge is 0.397 e. The molecule has 0 spiro atoms. The molecule has 3 nitrogen and oxygen atoms in total. The minimum atomic E-state index is 0.728. The highest BCUT2D eigenvalue weighted by molar-refractivity contribution is 9.10. The van der Waals surface area contributed by atoms with Gasteiger partial charge in [-0.15, -0.1) is 0 Å². The number of fused-ring (bicyclic) bond motifs is 1. The third kappa shape index (κ3) is 2.36. The molecule has 18 heavy (non-hydrogen) atoms. The van der Waals surface area contributed by atoms with Gasteiger partial charge in [0.1, 0.15) is 0 Å². The normalized spacial score (nSPS) is 24.9. The number of halogens is 1. The van der Waals surface area contributed by atoms with Crippen LogP contribution in [0.25, 0.3) is 0 Å². The van der Waals surface area contributed by atoms with E-state index in [9.17, 15) is 0 Å². The fourth-order valence-corrected chi connectivity index (χ4v) is 3.57. The summed E-state index contributed by atoms with van der Waals surface area (Å²) in [4.78, 5) is 5.12. The first-order valence-electron chi connectivity index (χ1n) is 6.78. The van der Waals surface area contributed by atoms with Crippen molar-refractivity contribution in [2.45, 2.75) is 25.3 Å². The predicted octanol–water partition coefficient (Wildman–Crippen LogP) is 2.71.